The third kappa shape index (κ3) is 3.86. The molecule has 3 aromatic rings. The van der Waals surface area contributed by atoms with E-state index in [1.165, 1.54) is 21.3 Å². The van der Waals surface area contributed by atoms with E-state index in [-0.39, 0.29) is 0 Å². The van der Waals surface area contributed by atoms with E-state index >= 15 is 0 Å². The molecule has 0 radical (unpaired) electrons. The largest absolute Gasteiger partial charge is 0.497 e. The molecule has 1 N–H and O–H groups in total. The van der Waals surface area contributed by atoms with Crippen molar-refractivity contribution >= 4 is 0 Å². The van der Waals surface area contributed by atoms with Gasteiger partial charge in [-0.05, 0) is 29.8 Å². The van der Waals surface area contributed by atoms with Crippen molar-refractivity contribution in [3.63, 3.8) is 0 Å². The quantitative estimate of drug-likeness (QED) is 0.637. The maximum Gasteiger partial charge on any atom is 0.203 e. The Kier molecular flexibility index (Phi) is 6.00. The van der Waals surface area contributed by atoms with Crippen LogP contribution in [-0.2, 0) is 6.54 Å². The molecular weight excluding hydrogens is 362 g/mol. The highest BCUT2D eigenvalue weighted by Crippen LogP contribution is 2.43. The molecule has 8 heteroatoms. The molecule has 3 rings (SSSR count). The Hall–Kier alpha value is -3.26. The monoisotopic (exact) mass is 385 g/mol. The molecule has 1 unspecified atom stereocenters. The van der Waals surface area contributed by atoms with E-state index in [2.05, 4.69) is 10.3 Å². The smallest absolute Gasteiger partial charge is 0.203 e. The average molecular weight is 385 g/mol. The van der Waals surface area contributed by atoms with Crippen LogP contribution in [0, 0.1) is 0 Å². The van der Waals surface area contributed by atoms with Gasteiger partial charge in [0, 0.05) is 5.56 Å². The van der Waals surface area contributed by atoms with Crippen LogP contribution in [0.2, 0.25) is 0 Å². The fraction of sp³-hybridized carbons (Fsp3) is 0.300. The van der Waals surface area contributed by atoms with Crippen molar-refractivity contribution in [3.8, 4) is 23.0 Å². The molecule has 0 bridgehead atoms. The molecule has 0 saturated carbocycles. The van der Waals surface area contributed by atoms with Gasteiger partial charge in [-0.1, -0.05) is 17.3 Å². The summed E-state index contributed by atoms with van der Waals surface area (Å²) in [7, 11) is 6.19. The van der Waals surface area contributed by atoms with Gasteiger partial charge in [0.25, 0.3) is 0 Å². The van der Waals surface area contributed by atoms with Crippen molar-refractivity contribution in [2.75, 3.05) is 28.4 Å². The topological polar surface area (TPSA) is 87.9 Å². The number of aliphatic hydroxyl groups excluding tert-OH is 1. The van der Waals surface area contributed by atoms with Gasteiger partial charge in [0.05, 0.1) is 41.2 Å². The standard InChI is InChI=1S/C20H23N3O5/c1-25-14-7-5-6-13(10-14)11-23-12-16(21-22-23)18(24)15-8-9-17(26-2)20(28-4)19(15)27-3/h5-10,12,18,24H,11H2,1-4H3. The lowest BCUT2D eigenvalue weighted by Gasteiger charge is -2.17. The lowest BCUT2D eigenvalue weighted by molar-refractivity contribution is 0.207. The molecule has 2 aromatic carbocycles. The maximum absolute atomic E-state index is 10.8. The van der Waals surface area contributed by atoms with Gasteiger partial charge in [-0.2, -0.15) is 0 Å². The van der Waals surface area contributed by atoms with Crippen molar-refractivity contribution < 1.29 is 24.1 Å². The Morgan fingerprint density at radius 1 is 0.964 bits per heavy atom. The minimum atomic E-state index is -1.03. The molecule has 0 fully saturated rings. The minimum absolute atomic E-state index is 0.386. The first-order valence-electron chi connectivity index (χ1n) is 8.61. The number of benzene rings is 2. The number of rotatable bonds is 8. The first-order chi connectivity index (χ1) is 13.6. The summed E-state index contributed by atoms with van der Waals surface area (Å²) in [5.74, 6) is 2.08. The highest BCUT2D eigenvalue weighted by molar-refractivity contribution is 5.57. The summed E-state index contributed by atoms with van der Waals surface area (Å²) in [6, 6.07) is 11.1. The number of nitrogens with zero attached hydrogens (tertiary/aromatic N) is 3. The van der Waals surface area contributed by atoms with Crippen molar-refractivity contribution in [1.29, 1.82) is 0 Å². The second-order valence-electron chi connectivity index (χ2n) is 6.02. The molecule has 148 valence electrons. The first-order valence-corrected chi connectivity index (χ1v) is 8.61. The summed E-state index contributed by atoms with van der Waals surface area (Å²) in [5, 5.41) is 19.1. The van der Waals surface area contributed by atoms with Gasteiger partial charge in [0.1, 0.15) is 17.5 Å². The van der Waals surface area contributed by atoms with E-state index < -0.39 is 6.10 Å². The molecular formula is C20H23N3O5. The molecule has 0 aliphatic carbocycles. The predicted octanol–water partition coefficient (Wildman–Crippen LogP) is 2.44. The molecule has 0 spiro atoms. The van der Waals surface area contributed by atoms with Crippen LogP contribution in [0.1, 0.15) is 22.9 Å². The second kappa shape index (κ2) is 8.62. The van der Waals surface area contributed by atoms with E-state index in [0.29, 0.717) is 35.1 Å². The van der Waals surface area contributed by atoms with Gasteiger partial charge in [-0.15, -0.1) is 5.10 Å². The van der Waals surface area contributed by atoms with Crippen molar-refractivity contribution in [2.24, 2.45) is 0 Å². The van der Waals surface area contributed by atoms with Crippen molar-refractivity contribution in [2.45, 2.75) is 12.6 Å². The van der Waals surface area contributed by atoms with E-state index in [4.69, 9.17) is 18.9 Å². The zero-order valence-electron chi connectivity index (χ0n) is 16.2. The summed E-state index contributed by atoms with van der Waals surface area (Å²) in [5.41, 5.74) is 1.91. The molecule has 28 heavy (non-hydrogen) atoms. The van der Waals surface area contributed by atoms with Crippen LogP contribution in [0.15, 0.2) is 42.6 Å². The van der Waals surface area contributed by atoms with Crippen LogP contribution in [-0.4, -0.2) is 48.5 Å². The Morgan fingerprint density at radius 2 is 1.75 bits per heavy atom. The number of aromatic nitrogens is 3. The van der Waals surface area contributed by atoms with E-state index in [0.717, 1.165) is 11.3 Å². The lowest BCUT2D eigenvalue weighted by Crippen LogP contribution is -2.05. The second-order valence-corrected chi connectivity index (χ2v) is 6.02. The van der Waals surface area contributed by atoms with Gasteiger partial charge in [-0.3, -0.25) is 0 Å². The first kappa shape index (κ1) is 19.5. The summed E-state index contributed by atoms with van der Waals surface area (Å²) in [6.07, 6.45) is 0.661. The van der Waals surface area contributed by atoms with Crippen molar-refractivity contribution in [1.82, 2.24) is 15.0 Å². The Balaban J connectivity index is 1.87. The number of methoxy groups -OCH3 is 4. The third-order valence-corrected chi connectivity index (χ3v) is 4.34. The minimum Gasteiger partial charge on any atom is -0.497 e. The highest BCUT2D eigenvalue weighted by Gasteiger charge is 2.24. The number of aliphatic hydroxyl groups is 1. The maximum atomic E-state index is 10.8. The van der Waals surface area contributed by atoms with Gasteiger partial charge < -0.3 is 24.1 Å². The zero-order chi connectivity index (χ0) is 20.1. The van der Waals surface area contributed by atoms with E-state index in [1.54, 1.807) is 30.1 Å². The summed E-state index contributed by atoms with van der Waals surface area (Å²) in [6.45, 7) is 0.500. The van der Waals surface area contributed by atoms with Crippen LogP contribution in [0.5, 0.6) is 23.0 Å². The van der Waals surface area contributed by atoms with E-state index in [9.17, 15) is 5.11 Å². The molecule has 8 nitrogen and oxygen atoms in total. The number of hydrogen-bond donors (Lipinski definition) is 1. The normalized spacial score (nSPS) is 11.8. The van der Waals surface area contributed by atoms with Crippen LogP contribution >= 0.6 is 0 Å². The van der Waals surface area contributed by atoms with Crippen LogP contribution in [0.4, 0.5) is 0 Å². The SMILES string of the molecule is COc1cccc(Cn2cc(C(O)c3ccc(OC)c(OC)c3OC)nn2)c1. The fourth-order valence-corrected chi connectivity index (χ4v) is 2.97. The van der Waals surface area contributed by atoms with Gasteiger partial charge in [0.15, 0.2) is 11.5 Å². The van der Waals surface area contributed by atoms with Gasteiger partial charge in [-0.25, -0.2) is 4.68 Å². The molecule has 1 atom stereocenters. The predicted molar refractivity (Wildman–Crippen MR) is 102 cm³/mol. The highest BCUT2D eigenvalue weighted by atomic mass is 16.5. The Labute approximate surface area is 163 Å². The fourth-order valence-electron chi connectivity index (χ4n) is 2.97. The van der Waals surface area contributed by atoms with Crippen LogP contribution in [0.3, 0.4) is 0 Å². The Morgan fingerprint density at radius 3 is 2.43 bits per heavy atom. The molecule has 0 aliphatic rings. The summed E-state index contributed by atoms with van der Waals surface area (Å²) >= 11 is 0. The number of ether oxygens (including phenoxy) is 4. The molecule has 1 aromatic heterocycles. The van der Waals surface area contributed by atoms with E-state index in [1.807, 2.05) is 24.3 Å². The third-order valence-electron chi connectivity index (χ3n) is 4.34. The average Bonchev–Trinajstić information content (AvgIpc) is 3.20. The lowest BCUT2D eigenvalue weighted by atomic mass is 10.0. The molecule has 0 aliphatic heterocycles. The summed E-state index contributed by atoms with van der Waals surface area (Å²) < 4.78 is 23.0. The van der Waals surface area contributed by atoms with Gasteiger partial charge >= 0.3 is 0 Å². The Bertz CT molecular complexity index is 941. The van der Waals surface area contributed by atoms with Crippen LogP contribution < -0.4 is 18.9 Å². The van der Waals surface area contributed by atoms with Crippen molar-refractivity contribution in [3.05, 3.63) is 59.4 Å². The molecule has 1 heterocycles. The molecule has 0 saturated heterocycles. The summed E-state index contributed by atoms with van der Waals surface area (Å²) in [4.78, 5) is 0. The number of hydrogen-bond acceptors (Lipinski definition) is 7. The molecule has 0 amide bonds. The zero-order valence-corrected chi connectivity index (χ0v) is 16.2. The van der Waals surface area contributed by atoms with Crippen LogP contribution in [0.25, 0.3) is 0 Å². The van der Waals surface area contributed by atoms with Gasteiger partial charge in [0.2, 0.25) is 5.75 Å².